The summed E-state index contributed by atoms with van der Waals surface area (Å²) in [6.45, 7) is 4.43. The SMILES string of the molecule is CCCCCCCCCCc1ccc(OS(=O)(=O)OS(=O)(=O)Oc2ccc(CCCCCCCCCC)cc2)cc1.[H-].[H-].[Na+].[Na+]. The molecule has 0 saturated carbocycles. The van der Waals surface area contributed by atoms with Crippen molar-refractivity contribution in [1.82, 2.24) is 0 Å². The van der Waals surface area contributed by atoms with E-state index in [4.69, 9.17) is 8.37 Å². The van der Waals surface area contributed by atoms with Crippen molar-refractivity contribution >= 4 is 20.8 Å². The largest absolute Gasteiger partial charge is 1.00 e. The van der Waals surface area contributed by atoms with Gasteiger partial charge in [-0.25, -0.2) is 0 Å². The molecule has 0 saturated heterocycles. The maximum Gasteiger partial charge on any atom is 1.00 e. The van der Waals surface area contributed by atoms with Gasteiger partial charge in [-0.15, -0.1) is 0 Å². The molecular weight excluding hydrogens is 606 g/mol. The molecule has 0 atom stereocenters. The third-order valence-electron chi connectivity index (χ3n) is 7.05. The average molecular weight is 659 g/mol. The first-order valence-electron chi connectivity index (χ1n) is 15.5. The molecule has 0 amide bonds. The van der Waals surface area contributed by atoms with Gasteiger partial charge in [0.1, 0.15) is 11.5 Å². The Labute approximate surface area is 309 Å². The van der Waals surface area contributed by atoms with Crippen molar-refractivity contribution in [2.24, 2.45) is 0 Å². The van der Waals surface area contributed by atoms with Crippen LogP contribution in [-0.4, -0.2) is 16.8 Å². The summed E-state index contributed by atoms with van der Waals surface area (Å²) in [7, 11) is -9.81. The van der Waals surface area contributed by atoms with Gasteiger partial charge in [0.05, 0.1) is 0 Å². The first-order valence-corrected chi connectivity index (χ1v) is 18.2. The van der Waals surface area contributed by atoms with E-state index in [0.29, 0.717) is 0 Å². The van der Waals surface area contributed by atoms with Gasteiger partial charge in [0.25, 0.3) is 0 Å². The van der Waals surface area contributed by atoms with E-state index in [2.05, 4.69) is 17.5 Å². The molecule has 0 aromatic heterocycles. The minimum atomic E-state index is -4.91. The molecule has 2 aromatic carbocycles. The van der Waals surface area contributed by atoms with Crippen molar-refractivity contribution in [2.45, 2.75) is 129 Å². The van der Waals surface area contributed by atoms with Crippen molar-refractivity contribution in [3.8, 4) is 11.5 Å². The Morgan fingerprint density at radius 3 is 1.05 bits per heavy atom. The van der Waals surface area contributed by atoms with Gasteiger partial charge >= 0.3 is 79.9 Å². The van der Waals surface area contributed by atoms with E-state index in [1.807, 2.05) is 0 Å². The minimum absolute atomic E-state index is 0. The third-order valence-corrected chi connectivity index (χ3v) is 9.17. The Morgan fingerprint density at radius 2 is 0.744 bits per heavy atom. The summed E-state index contributed by atoms with van der Waals surface area (Å²) in [4.78, 5) is 0. The van der Waals surface area contributed by atoms with E-state index in [-0.39, 0.29) is 73.5 Å². The predicted octanol–water partition coefficient (Wildman–Crippen LogP) is 3.25. The Bertz CT molecular complexity index is 1090. The molecule has 0 aliphatic carbocycles. The van der Waals surface area contributed by atoms with Crippen LogP contribution in [0, 0.1) is 0 Å². The van der Waals surface area contributed by atoms with Gasteiger partial charge in [-0.3, -0.25) is 0 Å². The van der Waals surface area contributed by atoms with Gasteiger partial charge in [0.15, 0.2) is 0 Å². The molecule has 0 fully saturated rings. The van der Waals surface area contributed by atoms with Crippen molar-refractivity contribution in [1.29, 1.82) is 0 Å². The molecule has 0 unspecified atom stereocenters. The van der Waals surface area contributed by atoms with E-state index in [9.17, 15) is 16.8 Å². The molecule has 11 heteroatoms. The zero-order chi connectivity index (χ0) is 29.8. The normalized spacial score (nSPS) is 11.4. The molecule has 43 heavy (non-hydrogen) atoms. The van der Waals surface area contributed by atoms with Crippen LogP contribution in [0.3, 0.4) is 0 Å². The summed E-state index contributed by atoms with van der Waals surface area (Å²) < 4.78 is 62.8. The van der Waals surface area contributed by atoms with Crippen LogP contribution in [0.1, 0.15) is 131 Å². The average Bonchev–Trinajstić information content (AvgIpc) is 2.92. The fourth-order valence-electron chi connectivity index (χ4n) is 4.71. The molecular formula is C32H52Na2O7S2. The first-order chi connectivity index (χ1) is 19.7. The fourth-order valence-corrected chi connectivity index (χ4v) is 6.45. The third kappa shape index (κ3) is 21.3. The molecule has 0 N–H and O–H groups in total. The molecule has 2 aromatic rings. The van der Waals surface area contributed by atoms with E-state index < -0.39 is 20.8 Å². The first kappa shape index (κ1) is 42.9. The maximum atomic E-state index is 12.2. The van der Waals surface area contributed by atoms with Crippen LogP contribution in [-0.2, 0) is 37.3 Å². The van der Waals surface area contributed by atoms with Gasteiger partial charge in [0.2, 0.25) is 0 Å². The smallest absolute Gasteiger partial charge is 1.00 e. The molecule has 0 aliphatic heterocycles. The van der Waals surface area contributed by atoms with Gasteiger partial charge in [-0.05, 0) is 61.1 Å². The second-order valence-electron chi connectivity index (χ2n) is 10.8. The van der Waals surface area contributed by atoms with Crippen LogP contribution < -0.4 is 67.5 Å². The molecule has 0 aliphatic rings. The van der Waals surface area contributed by atoms with Gasteiger partial charge in [0, 0.05) is 0 Å². The van der Waals surface area contributed by atoms with Crippen molar-refractivity contribution in [3.63, 3.8) is 0 Å². The maximum absolute atomic E-state index is 12.2. The van der Waals surface area contributed by atoms with Crippen LogP contribution in [0.15, 0.2) is 48.5 Å². The molecule has 0 bridgehead atoms. The van der Waals surface area contributed by atoms with Crippen LogP contribution in [0.2, 0.25) is 0 Å². The Kier molecular flexibility index (Phi) is 25.0. The van der Waals surface area contributed by atoms with Crippen molar-refractivity contribution in [3.05, 3.63) is 59.7 Å². The second-order valence-corrected chi connectivity index (χ2v) is 13.3. The summed E-state index contributed by atoms with van der Waals surface area (Å²) >= 11 is 0. The van der Waals surface area contributed by atoms with Crippen LogP contribution in [0.5, 0.6) is 11.5 Å². The quantitative estimate of drug-likeness (QED) is 0.126. The Balaban J connectivity index is -0.00000441. The summed E-state index contributed by atoms with van der Waals surface area (Å²) in [5.74, 6) is -0.0737. The standard InChI is InChI=1S/C32H50O7S2.2Na.2H/c1-3-5-7-9-11-13-15-17-19-29-21-25-31(26-22-29)37-40(33,34)39-41(35,36)38-32-27-23-30(24-28-32)20-18-16-14-12-10-8-6-4-2;;;;/h21-28H,3-20H2,1-2H3;;;;/q;2*+1;2*-1. The van der Waals surface area contributed by atoms with Crippen molar-refractivity contribution < 1.29 is 90.8 Å². The number of unbranched alkanes of at least 4 members (excludes halogenated alkanes) is 14. The number of benzene rings is 2. The van der Waals surface area contributed by atoms with E-state index in [1.54, 1.807) is 24.3 Å². The van der Waals surface area contributed by atoms with Crippen LogP contribution in [0.4, 0.5) is 0 Å². The Morgan fingerprint density at radius 1 is 0.465 bits per heavy atom. The topological polar surface area (TPSA) is 96.0 Å². The monoisotopic (exact) mass is 658 g/mol. The molecule has 2 rings (SSSR count). The zero-order valence-electron chi connectivity index (χ0n) is 29.0. The number of aryl methyl sites for hydroxylation is 2. The molecule has 236 valence electrons. The van der Waals surface area contributed by atoms with Crippen LogP contribution in [0.25, 0.3) is 0 Å². The summed E-state index contributed by atoms with van der Waals surface area (Å²) in [5, 5.41) is 0. The Hall–Kier alpha value is -0.1000. The second kappa shape index (κ2) is 25.0. The van der Waals surface area contributed by atoms with E-state index in [0.717, 1.165) is 49.7 Å². The number of hydrogen-bond donors (Lipinski definition) is 0. The summed E-state index contributed by atoms with van der Waals surface area (Å²) in [5.41, 5.74) is 2.12. The van der Waals surface area contributed by atoms with Gasteiger partial charge < -0.3 is 11.2 Å². The molecule has 0 heterocycles. The number of hydrogen-bond acceptors (Lipinski definition) is 7. The van der Waals surface area contributed by atoms with Gasteiger partial charge in [-0.1, -0.05) is 132 Å². The molecule has 7 nitrogen and oxygen atoms in total. The summed E-state index contributed by atoms with van der Waals surface area (Å²) in [6.07, 6.45) is 21.5. The minimum Gasteiger partial charge on any atom is -1.00 e. The van der Waals surface area contributed by atoms with E-state index >= 15 is 0 Å². The molecule has 0 radical (unpaired) electrons. The fraction of sp³-hybridized carbons (Fsp3) is 0.625. The van der Waals surface area contributed by atoms with Crippen molar-refractivity contribution in [2.75, 3.05) is 0 Å². The number of rotatable bonds is 24. The van der Waals surface area contributed by atoms with Crippen LogP contribution >= 0.6 is 0 Å². The van der Waals surface area contributed by atoms with Gasteiger partial charge in [-0.2, -0.15) is 16.8 Å². The molecule has 0 spiro atoms. The zero-order valence-corrected chi connectivity index (χ0v) is 32.7. The van der Waals surface area contributed by atoms with E-state index in [1.165, 1.54) is 101 Å². The summed E-state index contributed by atoms with van der Waals surface area (Å²) in [6, 6.07) is 13.0. The predicted molar refractivity (Wildman–Crippen MR) is 168 cm³/mol.